The number of methoxy groups -OCH3 is 1. The average Bonchev–Trinajstić information content (AvgIpc) is 3.76. The summed E-state index contributed by atoms with van der Waals surface area (Å²) in [6.45, 7) is -0.132. The fourth-order valence-corrected chi connectivity index (χ4v) is 9.59. The zero-order valence-electron chi connectivity index (χ0n) is 24.7. The van der Waals surface area contributed by atoms with Crippen LogP contribution in [0.1, 0.15) is 32.1 Å². The number of aliphatic hydroxyl groups excluding tert-OH is 2. The summed E-state index contributed by atoms with van der Waals surface area (Å²) >= 11 is 3.33. The lowest BCUT2D eigenvalue weighted by molar-refractivity contribution is -0.0325. The highest BCUT2D eigenvalue weighted by Crippen LogP contribution is 2.46. The van der Waals surface area contributed by atoms with Gasteiger partial charge in [0.15, 0.2) is 9.84 Å². The highest BCUT2D eigenvalue weighted by Gasteiger charge is 2.54. The quantitative estimate of drug-likeness (QED) is 0.292. The van der Waals surface area contributed by atoms with Gasteiger partial charge in [0.1, 0.15) is 30.3 Å². The molecule has 3 fully saturated rings. The summed E-state index contributed by atoms with van der Waals surface area (Å²) in [6, 6.07) is 10.5. The predicted molar refractivity (Wildman–Crippen MR) is 164 cm³/mol. The van der Waals surface area contributed by atoms with E-state index in [-0.39, 0.29) is 48.4 Å². The number of hydrogen-bond donors (Lipinski definition) is 3. The Hall–Kier alpha value is -2.47. The summed E-state index contributed by atoms with van der Waals surface area (Å²) in [6.07, 6.45) is -0.251. The SMILES string of the molecule is COc1ccc(S(=O)(=O)N2CCC3(CC2)C[C@@H](OC(=O)NCC(O)COc2cccc(S(=O)(=O)C4(CO)CC4)c2)CO3)cc1Br. The molecule has 1 saturated carbocycles. The van der Waals surface area contributed by atoms with Gasteiger partial charge < -0.3 is 34.5 Å². The molecule has 13 nitrogen and oxygen atoms in total. The predicted octanol–water partition coefficient (Wildman–Crippen LogP) is 2.23. The average molecular weight is 734 g/mol. The van der Waals surface area contributed by atoms with Crippen molar-refractivity contribution in [3.63, 3.8) is 0 Å². The van der Waals surface area contributed by atoms with Crippen molar-refractivity contribution in [3.8, 4) is 11.5 Å². The maximum Gasteiger partial charge on any atom is 0.407 e. The molecule has 2 atom stereocenters. The molecule has 0 radical (unpaired) electrons. The second kappa shape index (κ2) is 13.3. The molecule has 2 heterocycles. The first-order valence-electron chi connectivity index (χ1n) is 14.5. The Morgan fingerprint density at radius 3 is 2.49 bits per heavy atom. The van der Waals surface area contributed by atoms with E-state index in [0.717, 1.165) is 0 Å². The van der Waals surface area contributed by atoms with E-state index in [0.29, 0.717) is 42.3 Å². The van der Waals surface area contributed by atoms with E-state index in [1.165, 1.54) is 41.7 Å². The first-order chi connectivity index (χ1) is 21.3. The minimum atomic E-state index is -3.72. The number of carbonyl (C=O) groups excluding carboxylic acids is 1. The molecule has 0 aromatic heterocycles. The van der Waals surface area contributed by atoms with Gasteiger partial charge in [-0.25, -0.2) is 21.6 Å². The summed E-state index contributed by atoms with van der Waals surface area (Å²) in [5.74, 6) is 0.765. The lowest BCUT2D eigenvalue weighted by Crippen LogP contribution is -2.46. The molecule has 5 rings (SSSR count). The van der Waals surface area contributed by atoms with Gasteiger partial charge in [0.05, 0.1) is 51.5 Å². The number of carbonyl (C=O) groups is 1. The van der Waals surface area contributed by atoms with Gasteiger partial charge in [-0.3, -0.25) is 0 Å². The molecule has 45 heavy (non-hydrogen) atoms. The van der Waals surface area contributed by atoms with Crippen LogP contribution in [0.15, 0.2) is 56.7 Å². The molecular weight excluding hydrogens is 696 g/mol. The molecule has 1 aliphatic carbocycles. The number of alkyl carbamates (subject to hydrolysis) is 1. The summed E-state index contributed by atoms with van der Waals surface area (Å²) in [4.78, 5) is 12.6. The first kappa shape index (κ1) is 33.9. The van der Waals surface area contributed by atoms with Crippen molar-refractivity contribution in [2.75, 3.05) is 46.6 Å². The molecule has 2 aromatic carbocycles. The summed E-state index contributed by atoms with van der Waals surface area (Å²) in [5, 5.41) is 22.3. The maximum atomic E-state index is 13.2. The fourth-order valence-electron chi connectivity index (χ4n) is 5.60. The number of piperidine rings is 1. The third-order valence-electron chi connectivity index (χ3n) is 8.55. The molecular formula is C29H37BrN2O11S2. The smallest absolute Gasteiger partial charge is 0.407 e. The van der Waals surface area contributed by atoms with Gasteiger partial charge >= 0.3 is 6.09 Å². The van der Waals surface area contributed by atoms with E-state index in [2.05, 4.69) is 21.2 Å². The van der Waals surface area contributed by atoms with Crippen LogP contribution in [0.3, 0.4) is 0 Å². The number of hydrogen-bond acceptors (Lipinski definition) is 11. The number of benzene rings is 2. The van der Waals surface area contributed by atoms with Crippen LogP contribution in [-0.2, 0) is 29.3 Å². The second-order valence-corrected chi connectivity index (χ2v) is 16.7. The van der Waals surface area contributed by atoms with Crippen molar-refractivity contribution in [2.24, 2.45) is 0 Å². The number of sulfone groups is 1. The molecule has 2 aliphatic heterocycles. The number of sulfonamides is 1. The number of nitrogens with zero attached hydrogens (tertiary/aromatic N) is 1. The van der Waals surface area contributed by atoms with Gasteiger partial charge in [-0.05, 0) is 78.0 Å². The molecule has 2 saturated heterocycles. The van der Waals surface area contributed by atoms with Crippen molar-refractivity contribution in [2.45, 2.75) is 64.5 Å². The normalized spacial score (nSPS) is 21.6. The Bertz CT molecular complexity index is 1610. The molecule has 16 heteroatoms. The Morgan fingerprint density at radius 2 is 1.84 bits per heavy atom. The van der Waals surface area contributed by atoms with Crippen molar-refractivity contribution in [1.29, 1.82) is 0 Å². The highest BCUT2D eigenvalue weighted by atomic mass is 79.9. The molecule has 2 aromatic rings. The zero-order valence-corrected chi connectivity index (χ0v) is 27.9. The summed E-state index contributed by atoms with van der Waals surface area (Å²) < 4.78 is 75.1. The van der Waals surface area contributed by atoms with Gasteiger partial charge in [-0.2, -0.15) is 4.31 Å². The van der Waals surface area contributed by atoms with Crippen LogP contribution in [0.4, 0.5) is 4.79 Å². The van der Waals surface area contributed by atoms with Gasteiger partial charge in [0.25, 0.3) is 0 Å². The van der Waals surface area contributed by atoms with E-state index in [1.807, 2.05) is 0 Å². The third-order valence-corrected chi connectivity index (χ3v) is 13.6. The number of nitrogens with one attached hydrogen (secondary N) is 1. The molecule has 1 amide bonds. The lowest BCUT2D eigenvalue weighted by atomic mass is 9.89. The van der Waals surface area contributed by atoms with Gasteiger partial charge in [0.2, 0.25) is 10.0 Å². The molecule has 3 N–H and O–H groups in total. The van der Waals surface area contributed by atoms with Crippen LogP contribution >= 0.6 is 15.9 Å². The number of rotatable bonds is 12. The van der Waals surface area contributed by atoms with E-state index >= 15 is 0 Å². The van der Waals surface area contributed by atoms with Crippen molar-refractivity contribution in [3.05, 3.63) is 46.9 Å². The van der Waals surface area contributed by atoms with Crippen LogP contribution in [0.5, 0.6) is 11.5 Å². The number of amides is 1. The molecule has 0 bridgehead atoms. The highest BCUT2D eigenvalue weighted by molar-refractivity contribution is 9.10. The van der Waals surface area contributed by atoms with E-state index < -0.39 is 55.1 Å². The molecule has 248 valence electrons. The van der Waals surface area contributed by atoms with Crippen molar-refractivity contribution < 1.29 is 50.8 Å². The minimum Gasteiger partial charge on any atom is -0.496 e. The molecule has 3 aliphatic rings. The van der Waals surface area contributed by atoms with Gasteiger partial charge in [-0.15, -0.1) is 0 Å². The lowest BCUT2D eigenvalue weighted by Gasteiger charge is -2.37. The molecule has 1 unspecified atom stereocenters. The Kier molecular flexibility index (Phi) is 10.0. The van der Waals surface area contributed by atoms with Crippen LogP contribution in [0, 0.1) is 0 Å². The topological polar surface area (TPSA) is 178 Å². The Balaban J connectivity index is 1.04. The van der Waals surface area contributed by atoms with Crippen LogP contribution < -0.4 is 14.8 Å². The second-order valence-electron chi connectivity index (χ2n) is 11.6. The largest absolute Gasteiger partial charge is 0.496 e. The number of aliphatic hydroxyl groups is 2. The van der Waals surface area contributed by atoms with Crippen LogP contribution in [0.2, 0.25) is 0 Å². The monoisotopic (exact) mass is 732 g/mol. The van der Waals surface area contributed by atoms with Crippen LogP contribution in [-0.4, -0.2) is 107 Å². The van der Waals surface area contributed by atoms with Crippen molar-refractivity contribution >= 4 is 41.9 Å². The summed E-state index contributed by atoms with van der Waals surface area (Å²) in [7, 11) is -5.93. The van der Waals surface area contributed by atoms with Crippen LogP contribution in [0.25, 0.3) is 0 Å². The molecule has 1 spiro atoms. The Labute approximate surface area is 270 Å². The van der Waals surface area contributed by atoms with E-state index in [9.17, 15) is 31.8 Å². The van der Waals surface area contributed by atoms with Gasteiger partial charge in [-0.1, -0.05) is 6.07 Å². The Morgan fingerprint density at radius 1 is 1.11 bits per heavy atom. The van der Waals surface area contributed by atoms with Gasteiger partial charge in [0, 0.05) is 19.5 Å². The fraction of sp³-hybridized carbons (Fsp3) is 0.552. The third kappa shape index (κ3) is 7.26. The summed E-state index contributed by atoms with van der Waals surface area (Å²) in [5.41, 5.74) is -0.594. The first-order valence-corrected chi connectivity index (χ1v) is 18.2. The zero-order chi connectivity index (χ0) is 32.5. The van der Waals surface area contributed by atoms with Crippen molar-refractivity contribution in [1.82, 2.24) is 9.62 Å². The van der Waals surface area contributed by atoms with E-state index in [4.69, 9.17) is 18.9 Å². The number of ether oxygens (including phenoxy) is 4. The number of halogens is 1. The minimum absolute atomic E-state index is 0.0390. The maximum absolute atomic E-state index is 13.2. The standard InChI is InChI=1S/C29H37BrN2O11S2/c1-40-26-6-5-24(14-25(26)30)45(38,39)32-11-9-28(10-12-32)15-22(18-42-28)43-27(35)31-16-20(34)17-41-21-3-2-4-23(13-21)44(36,37)29(19-33)7-8-29/h2-6,13-14,20,22,33-34H,7-12,15-19H2,1H3,(H,31,35)/t20?,22-/m1/s1. The van der Waals surface area contributed by atoms with E-state index in [1.54, 1.807) is 12.1 Å².